The number of hydrogen-bond donors (Lipinski definition) is 1. The fraction of sp³-hybridized carbons (Fsp3) is 0.333. The van der Waals surface area contributed by atoms with Gasteiger partial charge in [0, 0.05) is 16.3 Å². The van der Waals surface area contributed by atoms with Crippen molar-refractivity contribution in [2.24, 2.45) is 0 Å². The SMILES string of the molecule is CC(C)(C)c1cccc(OCCSc2ccc(N)cc2)c1. The second kappa shape index (κ2) is 6.90. The third-order valence-electron chi connectivity index (χ3n) is 3.20. The zero-order chi connectivity index (χ0) is 15.3. The molecule has 0 saturated carbocycles. The smallest absolute Gasteiger partial charge is 0.119 e. The number of thioether (sulfide) groups is 1. The van der Waals surface area contributed by atoms with Gasteiger partial charge < -0.3 is 10.5 Å². The molecule has 0 spiro atoms. The van der Waals surface area contributed by atoms with E-state index in [9.17, 15) is 0 Å². The van der Waals surface area contributed by atoms with Gasteiger partial charge in [-0.25, -0.2) is 0 Å². The van der Waals surface area contributed by atoms with E-state index in [-0.39, 0.29) is 5.41 Å². The molecule has 0 radical (unpaired) electrons. The van der Waals surface area contributed by atoms with Crippen LogP contribution in [0.15, 0.2) is 53.4 Å². The van der Waals surface area contributed by atoms with Gasteiger partial charge in [0.25, 0.3) is 0 Å². The van der Waals surface area contributed by atoms with Gasteiger partial charge in [0.05, 0.1) is 6.61 Å². The van der Waals surface area contributed by atoms with Crippen LogP contribution in [0.5, 0.6) is 5.75 Å². The Morgan fingerprint density at radius 1 is 1.05 bits per heavy atom. The number of benzene rings is 2. The van der Waals surface area contributed by atoms with Crippen molar-refractivity contribution in [3.8, 4) is 5.75 Å². The summed E-state index contributed by atoms with van der Waals surface area (Å²) in [6, 6.07) is 16.3. The van der Waals surface area contributed by atoms with Crippen molar-refractivity contribution in [1.82, 2.24) is 0 Å². The number of nitrogen functional groups attached to an aromatic ring is 1. The maximum Gasteiger partial charge on any atom is 0.119 e. The van der Waals surface area contributed by atoms with Gasteiger partial charge >= 0.3 is 0 Å². The van der Waals surface area contributed by atoms with Crippen LogP contribution in [0.2, 0.25) is 0 Å². The highest BCUT2D eigenvalue weighted by molar-refractivity contribution is 7.99. The quantitative estimate of drug-likeness (QED) is 0.492. The van der Waals surface area contributed by atoms with Crippen LogP contribution < -0.4 is 10.5 Å². The fourth-order valence-corrected chi connectivity index (χ4v) is 2.67. The number of ether oxygens (including phenoxy) is 1. The maximum absolute atomic E-state index is 5.84. The standard InChI is InChI=1S/C18H23NOS/c1-18(2,3)14-5-4-6-16(13-14)20-11-12-21-17-9-7-15(19)8-10-17/h4-10,13H,11-12,19H2,1-3H3. The normalized spacial score (nSPS) is 11.4. The van der Waals surface area contributed by atoms with Crippen molar-refractivity contribution < 1.29 is 4.74 Å². The van der Waals surface area contributed by atoms with Gasteiger partial charge in [-0.2, -0.15) is 0 Å². The van der Waals surface area contributed by atoms with Gasteiger partial charge in [-0.05, 0) is 47.4 Å². The lowest BCUT2D eigenvalue weighted by Crippen LogP contribution is -2.11. The van der Waals surface area contributed by atoms with Crippen LogP contribution in [0.1, 0.15) is 26.3 Å². The molecule has 0 bridgehead atoms. The molecule has 0 heterocycles. The summed E-state index contributed by atoms with van der Waals surface area (Å²) in [5, 5.41) is 0. The molecule has 0 aliphatic carbocycles. The van der Waals surface area contributed by atoms with Gasteiger partial charge in [-0.3, -0.25) is 0 Å². The molecule has 112 valence electrons. The Labute approximate surface area is 131 Å². The van der Waals surface area contributed by atoms with Crippen molar-refractivity contribution in [3.63, 3.8) is 0 Å². The minimum absolute atomic E-state index is 0.151. The average Bonchev–Trinajstić information content (AvgIpc) is 2.45. The zero-order valence-electron chi connectivity index (χ0n) is 12.9. The molecule has 0 unspecified atom stereocenters. The number of hydrogen-bond acceptors (Lipinski definition) is 3. The number of rotatable bonds is 5. The summed E-state index contributed by atoms with van der Waals surface area (Å²) < 4.78 is 5.84. The lowest BCUT2D eigenvalue weighted by molar-refractivity contribution is 0.343. The first kappa shape index (κ1) is 15.8. The molecule has 3 heteroatoms. The minimum Gasteiger partial charge on any atom is -0.493 e. The van der Waals surface area contributed by atoms with Crippen LogP contribution in [-0.2, 0) is 5.41 Å². The first-order valence-corrected chi connectivity index (χ1v) is 8.15. The maximum atomic E-state index is 5.84. The summed E-state index contributed by atoms with van der Waals surface area (Å²) in [5.41, 5.74) is 7.92. The Bertz CT molecular complexity index is 573. The van der Waals surface area contributed by atoms with E-state index in [0.717, 1.165) is 17.2 Å². The summed E-state index contributed by atoms with van der Waals surface area (Å²) in [4.78, 5) is 1.22. The molecule has 2 nitrogen and oxygen atoms in total. The molecule has 2 N–H and O–H groups in total. The number of nitrogens with two attached hydrogens (primary N) is 1. The van der Waals surface area contributed by atoms with Crippen LogP contribution in [0, 0.1) is 0 Å². The Morgan fingerprint density at radius 3 is 2.43 bits per heavy atom. The van der Waals surface area contributed by atoms with E-state index >= 15 is 0 Å². The van der Waals surface area contributed by atoms with E-state index in [2.05, 4.69) is 39.0 Å². The lowest BCUT2D eigenvalue weighted by Gasteiger charge is -2.19. The second-order valence-corrected chi connectivity index (χ2v) is 7.21. The Hall–Kier alpha value is -1.61. The number of anilines is 1. The molecule has 21 heavy (non-hydrogen) atoms. The van der Waals surface area contributed by atoms with E-state index in [0.29, 0.717) is 6.61 Å². The topological polar surface area (TPSA) is 35.2 Å². The highest BCUT2D eigenvalue weighted by atomic mass is 32.2. The molecule has 0 atom stereocenters. The van der Waals surface area contributed by atoms with Crippen LogP contribution in [0.25, 0.3) is 0 Å². The second-order valence-electron chi connectivity index (χ2n) is 6.04. The minimum atomic E-state index is 0.151. The lowest BCUT2D eigenvalue weighted by atomic mass is 9.87. The van der Waals surface area contributed by atoms with Crippen LogP contribution >= 0.6 is 11.8 Å². The first-order chi connectivity index (χ1) is 9.95. The monoisotopic (exact) mass is 301 g/mol. The van der Waals surface area contributed by atoms with Crippen LogP contribution in [-0.4, -0.2) is 12.4 Å². The van der Waals surface area contributed by atoms with E-state index in [1.807, 2.05) is 30.3 Å². The molecule has 2 rings (SSSR count). The molecular weight excluding hydrogens is 278 g/mol. The predicted molar refractivity (Wildman–Crippen MR) is 92.2 cm³/mol. The van der Waals surface area contributed by atoms with Gasteiger partial charge in [0.1, 0.15) is 5.75 Å². The van der Waals surface area contributed by atoms with Crippen molar-refractivity contribution in [2.45, 2.75) is 31.1 Å². The largest absolute Gasteiger partial charge is 0.493 e. The van der Waals surface area contributed by atoms with Gasteiger partial charge in [-0.15, -0.1) is 11.8 Å². The Kier molecular flexibility index (Phi) is 5.18. The Morgan fingerprint density at radius 2 is 1.76 bits per heavy atom. The van der Waals surface area contributed by atoms with Crippen molar-refractivity contribution in [3.05, 3.63) is 54.1 Å². The molecule has 0 saturated heterocycles. The van der Waals surface area contributed by atoms with Gasteiger partial charge in [-0.1, -0.05) is 32.9 Å². The highest BCUT2D eigenvalue weighted by Gasteiger charge is 2.13. The van der Waals surface area contributed by atoms with E-state index in [1.165, 1.54) is 10.5 Å². The summed E-state index contributed by atoms with van der Waals surface area (Å²) in [7, 11) is 0. The van der Waals surface area contributed by atoms with E-state index in [4.69, 9.17) is 10.5 Å². The Balaban J connectivity index is 1.82. The van der Waals surface area contributed by atoms with Crippen LogP contribution in [0.4, 0.5) is 5.69 Å². The molecule has 0 fully saturated rings. The molecule has 2 aromatic carbocycles. The van der Waals surface area contributed by atoms with Crippen molar-refractivity contribution in [2.75, 3.05) is 18.1 Å². The van der Waals surface area contributed by atoms with E-state index < -0.39 is 0 Å². The fourth-order valence-electron chi connectivity index (χ4n) is 1.94. The third-order valence-corrected chi connectivity index (χ3v) is 4.18. The molecule has 0 aromatic heterocycles. The van der Waals surface area contributed by atoms with E-state index in [1.54, 1.807) is 11.8 Å². The predicted octanol–water partition coefficient (Wildman–Crippen LogP) is 4.74. The summed E-state index contributed by atoms with van der Waals surface area (Å²) in [6.07, 6.45) is 0. The summed E-state index contributed by atoms with van der Waals surface area (Å²) in [5.74, 6) is 1.87. The molecule has 0 aliphatic heterocycles. The third kappa shape index (κ3) is 5.01. The molecule has 0 amide bonds. The highest BCUT2D eigenvalue weighted by Crippen LogP contribution is 2.26. The molecule has 2 aromatic rings. The summed E-state index contributed by atoms with van der Waals surface area (Å²) >= 11 is 1.78. The molecule has 0 aliphatic rings. The zero-order valence-corrected chi connectivity index (χ0v) is 13.7. The van der Waals surface area contributed by atoms with Crippen LogP contribution in [0.3, 0.4) is 0 Å². The van der Waals surface area contributed by atoms with Gasteiger partial charge in [0.15, 0.2) is 0 Å². The molecular formula is C18H23NOS. The van der Waals surface area contributed by atoms with Crippen molar-refractivity contribution >= 4 is 17.4 Å². The van der Waals surface area contributed by atoms with Crippen molar-refractivity contribution in [1.29, 1.82) is 0 Å². The average molecular weight is 301 g/mol. The first-order valence-electron chi connectivity index (χ1n) is 7.17. The summed E-state index contributed by atoms with van der Waals surface area (Å²) in [6.45, 7) is 7.33. The van der Waals surface area contributed by atoms with Gasteiger partial charge in [0.2, 0.25) is 0 Å².